The molecule has 30 heavy (non-hydrogen) atoms. The van der Waals surface area contributed by atoms with Gasteiger partial charge in [-0.2, -0.15) is 16.1 Å². The van der Waals surface area contributed by atoms with Gasteiger partial charge in [-0.05, 0) is 30.5 Å². The van der Waals surface area contributed by atoms with Gasteiger partial charge in [0.25, 0.3) is 5.91 Å². The number of sulfonamides is 1. The van der Waals surface area contributed by atoms with Crippen molar-refractivity contribution in [3.05, 3.63) is 40.6 Å². The third kappa shape index (κ3) is 5.34. The number of nitrogens with zero attached hydrogens (tertiary/aromatic N) is 1. The van der Waals surface area contributed by atoms with E-state index in [1.54, 1.807) is 36.0 Å². The van der Waals surface area contributed by atoms with Crippen LogP contribution in [0.2, 0.25) is 0 Å². The van der Waals surface area contributed by atoms with Crippen molar-refractivity contribution >= 4 is 50.7 Å². The highest BCUT2D eigenvalue weighted by molar-refractivity contribution is 7.99. The number of ether oxygens (including phenoxy) is 2. The van der Waals surface area contributed by atoms with Crippen molar-refractivity contribution in [3.8, 4) is 5.75 Å². The van der Waals surface area contributed by atoms with E-state index < -0.39 is 28.5 Å². The first kappa shape index (κ1) is 22.6. The first-order chi connectivity index (χ1) is 14.4. The van der Waals surface area contributed by atoms with Gasteiger partial charge >= 0.3 is 5.97 Å². The van der Waals surface area contributed by atoms with Crippen LogP contribution in [0.4, 0.5) is 5.69 Å². The van der Waals surface area contributed by atoms with Crippen molar-refractivity contribution in [3.63, 3.8) is 0 Å². The minimum absolute atomic E-state index is 0.0317. The van der Waals surface area contributed by atoms with Crippen molar-refractivity contribution in [1.29, 1.82) is 0 Å². The summed E-state index contributed by atoms with van der Waals surface area (Å²) < 4.78 is 37.6. The van der Waals surface area contributed by atoms with Crippen LogP contribution in [0.3, 0.4) is 0 Å². The fraction of sp³-hybridized carbons (Fsp3) is 0.368. The molecule has 0 saturated carbocycles. The standard InChI is InChI=1S/C19H22N2O6S3/c1-2-26-15-6-4-3-5-14(15)20-17(22)13-27-19(23)18-16(7-10-29-18)30(24,25)21-8-11-28-12-9-21/h3-7,10H,2,8-9,11-13H2,1H3,(H,20,22). The van der Waals surface area contributed by atoms with Gasteiger partial charge in [0.2, 0.25) is 10.0 Å². The number of thioether (sulfide) groups is 1. The van der Waals surface area contributed by atoms with Gasteiger partial charge in [0, 0.05) is 24.6 Å². The number of thiophene rings is 1. The predicted molar refractivity (Wildman–Crippen MR) is 117 cm³/mol. The van der Waals surface area contributed by atoms with Gasteiger partial charge in [0.15, 0.2) is 6.61 Å². The highest BCUT2D eigenvalue weighted by atomic mass is 32.2. The topological polar surface area (TPSA) is 102 Å². The van der Waals surface area contributed by atoms with E-state index in [1.807, 2.05) is 6.92 Å². The molecule has 1 N–H and O–H groups in total. The molecular formula is C19H22N2O6S3. The molecule has 2 aromatic rings. The molecule has 3 rings (SSSR count). The number of anilines is 1. The number of esters is 1. The Balaban J connectivity index is 1.64. The summed E-state index contributed by atoms with van der Waals surface area (Å²) in [5.74, 6) is 0.540. The number of hydrogen-bond acceptors (Lipinski definition) is 8. The molecule has 11 heteroatoms. The van der Waals surface area contributed by atoms with Crippen LogP contribution in [0.25, 0.3) is 0 Å². The maximum atomic E-state index is 12.9. The van der Waals surface area contributed by atoms with Gasteiger partial charge in [-0.15, -0.1) is 11.3 Å². The highest BCUT2D eigenvalue weighted by Crippen LogP contribution is 2.28. The number of rotatable bonds is 8. The lowest BCUT2D eigenvalue weighted by Crippen LogP contribution is -2.38. The van der Waals surface area contributed by atoms with Crippen LogP contribution in [0, 0.1) is 0 Å². The zero-order valence-electron chi connectivity index (χ0n) is 16.3. The Bertz CT molecular complexity index is 999. The molecule has 1 aromatic carbocycles. The van der Waals surface area contributed by atoms with Crippen LogP contribution in [-0.4, -0.2) is 62.4 Å². The van der Waals surface area contributed by atoms with E-state index in [0.29, 0.717) is 42.6 Å². The monoisotopic (exact) mass is 470 g/mol. The van der Waals surface area contributed by atoms with Crippen molar-refractivity contribution in [2.45, 2.75) is 11.8 Å². The third-order valence-electron chi connectivity index (χ3n) is 4.20. The predicted octanol–water partition coefficient (Wildman–Crippen LogP) is 2.68. The first-order valence-corrected chi connectivity index (χ1v) is 12.7. The van der Waals surface area contributed by atoms with Gasteiger partial charge in [-0.3, -0.25) is 4.79 Å². The summed E-state index contributed by atoms with van der Waals surface area (Å²) in [5.41, 5.74) is 0.461. The average molecular weight is 471 g/mol. The Morgan fingerprint density at radius 1 is 1.17 bits per heavy atom. The van der Waals surface area contributed by atoms with E-state index in [9.17, 15) is 18.0 Å². The van der Waals surface area contributed by atoms with Gasteiger partial charge in [-0.25, -0.2) is 13.2 Å². The lowest BCUT2D eigenvalue weighted by molar-refractivity contribution is -0.119. The van der Waals surface area contributed by atoms with Crippen LogP contribution in [0.1, 0.15) is 16.6 Å². The number of benzene rings is 1. The molecule has 0 aliphatic carbocycles. The lowest BCUT2D eigenvalue weighted by Gasteiger charge is -2.25. The number of amides is 1. The Morgan fingerprint density at radius 3 is 2.63 bits per heavy atom. The Morgan fingerprint density at radius 2 is 1.90 bits per heavy atom. The van der Waals surface area contributed by atoms with Gasteiger partial charge in [-0.1, -0.05) is 12.1 Å². The minimum atomic E-state index is -3.78. The quantitative estimate of drug-likeness (QED) is 0.592. The molecule has 0 bridgehead atoms. The molecule has 2 heterocycles. The summed E-state index contributed by atoms with van der Waals surface area (Å²) in [5, 5.41) is 4.15. The molecule has 1 fully saturated rings. The molecule has 8 nitrogen and oxygen atoms in total. The zero-order valence-corrected chi connectivity index (χ0v) is 18.8. The molecule has 0 unspecified atom stereocenters. The lowest BCUT2D eigenvalue weighted by atomic mass is 10.3. The summed E-state index contributed by atoms with van der Waals surface area (Å²) in [7, 11) is -3.78. The van der Waals surface area contributed by atoms with Crippen molar-refractivity contribution in [2.75, 3.05) is 43.1 Å². The fourth-order valence-electron chi connectivity index (χ4n) is 2.81. The fourth-order valence-corrected chi connectivity index (χ4v) is 6.67. The molecule has 1 amide bonds. The smallest absolute Gasteiger partial charge is 0.350 e. The van der Waals surface area contributed by atoms with E-state index in [-0.39, 0.29) is 9.77 Å². The summed E-state index contributed by atoms with van der Waals surface area (Å²) in [4.78, 5) is 24.6. The summed E-state index contributed by atoms with van der Waals surface area (Å²) in [6.45, 7) is 2.53. The second-order valence-corrected chi connectivity index (χ2v) is 10.2. The number of carbonyl (C=O) groups excluding carboxylic acids is 2. The summed E-state index contributed by atoms with van der Waals surface area (Å²) in [6, 6.07) is 8.31. The van der Waals surface area contributed by atoms with Gasteiger partial charge in [0.05, 0.1) is 12.3 Å². The average Bonchev–Trinajstić information content (AvgIpc) is 3.25. The molecule has 0 radical (unpaired) electrons. The van der Waals surface area contributed by atoms with Crippen LogP contribution >= 0.6 is 23.1 Å². The molecule has 1 saturated heterocycles. The molecule has 0 atom stereocenters. The van der Waals surface area contributed by atoms with Gasteiger partial charge < -0.3 is 14.8 Å². The number of nitrogens with one attached hydrogen (secondary N) is 1. The second kappa shape index (κ2) is 10.3. The summed E-state index contributed by atoms with van der Waals surface area (Å²) in [6.07, 6.45) is 0. The molecule has 162 valence electrons. The van der Waals surface area contributed by atoms with Gasteiger partial charge in [0.1, 0.15) is 15.5 Å². The molecular weight excluding hydrogens is 448 g/mol. The zero-order chi connectivity index (χ0) is 21.6. The highest BCUT2D eigenvalue weighted by Gasteiger charge is 2.31. The van der Waals surface area contributed by atoms with E-state index in [1.165, 1.54) is 15.8 Å². The third-order valence-corrected chi connectivity index (χ3v) is 8.10. The second-order valence-electron chi connectivity index (χ2n) is 6.18. The normalized spacial score (nSPS) is 14.8. The number of carbonyl (C=O) groups is 2. The van der Waals surface area contributed by atoms with E-state index in [2.05, 4.69) is 5.32 Å². The van der Waals surface area contributed by atoms with Crippen LogP contribution < -0.4 is 10.1 Å². The Labute approximate surface area is 183 Å². The minimum Gasteiger partial charge on any atom is -0.492 e. The van der Waals surface area contributed by atoms with E-state index >= 15 is 0 Å². The number of para-hydroxylation sites is 2. The van der Waals surface area contributed by atoms with E-state index in [4.69, 9.17) is 9.47 Å². The maximum absolute atomic E-state index is 12.9. The Hall–Kier alpha value is -2.08. The SMILES string of the molecule is CCOc1ccccc1NC(=O)COC(=O)c1sccc1S(=O)(=O)N1CCSCC1. The largest absolute Gasteiger partial charge is 0.492 e. The molecule has 1 aliphatic rings. The molecule has 1 aromatic heterocycles. The maximum Gasteiger partial charge on any atom is 0.350 e. The van der Waals surface area contributed by atoms with Crippen LogP contribution in [0.5, 0.6) is 5.75 Å². The van der Waals surface area contributed by atoms with Crippen molar-refractivity contribution < 1.29 is 27.5 Å². The molecule has 0 spiro atoms. The van der Waals surface area contributed by atoms with Crippen LogP contribution in [0.15, 0.2) is 40.6 Å². The summed E-state index contributed by atoms with van der Waals surface area (Å²) >= 11 is 2.67. The number of hydrogen-bond donors (Lipinski definition) is 1. The first-order valence-electron chi connectivity index (χ1n) is 9.27. The van der Waals surface area contributed by atoms with Crippen molar-refractivity contribution in [2.24, 2.45) is 0 Å². The van der Waals surface area contributed by atoms with Crippen LogP contribution in [-0.2, 0) is 19.6 Å². The Kier molecular flexibility index (Phi) is 7.75. The molecule has 1 aliphatic heterocycles. The van der Waals surface area contributed by atoms with Crippen molar-refractivity contribution in [1.82, 2.24) is 4.31 Å². The van der Waals surface area contributed by atoms with E-state index in [0.717, 1.165) is 11.3 Å².